The normalized spacial score (nSPS) is 41.5. The number of hydrogen-bond donors (Lipinski definition) is 2. The van der Waals surface area contributed by atoms with Crippen molar-refractivity contribution in [2.45, 2.75) is 117 Å². The second kappa shape index (κ2) is 10.1. The molecule has 216 valence electrons. The highest BCUT2D eigenvalue weighted by Crippen LogP contribution is 2.69. The van der Waals surface area contributed by atoms with E-state index in [4.69, 9.17) is 10.5 Å². The molecule has 4 aliphatic carbocycles. The number of esters is 1. The Bertz CT molecular complexity index is 964. The molecule has 0 saturated heterocycles. The minimum atomic E-state index is -5.27. The third-order valence-corrected chi connectivity index (χ3v) is 11.4. The highest BCUT2D eigenvalue weighted by Gasteiger charge is 2.69. The Morgan fingerprint density at radius 1 is 1.13 bits per heavy atom. The van der Waals surface area contributed by atoms with Gasteiger partial charge in [0.05, 0.1) is 6.10 Å². The van der Waals surface area contributed by atoms with Crippen molar-refractivity contribution in [3.05, 3.63) is 11.6 Å². The zero-order valence-electron chi connectivity index (χ0n) is 23.6. The Kier molecular flexibility index (Phi) is 7.83. The van der Waals surface area contributed by atoms with Crippen LogP contribution in [0.2, 0.25) is 0 Å². The van der Waals surface area contributed by atoms with Gasteiger partial charge in [0.2, 0.25) is 5.60 Å². The van der Waals surface area contributed by atoms with Crippen molar-refractivity contribution in [2.24, 2.45) is 52.1 Å². The fourth-order valence-electron chi connectivity index (χ4n) is 9.58. The molecule has 4 aliphatic rings. The van der Waals surface area contributed by atoms with E-state index in [1.54, 1.807) is 6.92 Å². The summed E-state index contributed by atoms with van der Waals surface area (Å²) in [5, 5.41) is 10.6. The summed E-state index contributed by atoms with van der Waals surface area (Å²) < 4.78 is 45.3. The summed E-state index contributed by atoms with van der Waals surface area (Å²) in [4.78, 5) is 25.2. The first-order chi connectivity index (χ1) is 17.6. The molecule has 0 radical (unpaired) electrons. The maximum Gasteiger partial charge on any atom is 0.490 e. The summed E-state index contributed by atoms with van der Waals surface area (Å²) in [6, 6.07) is 0. The lowest BCUT2D eigenvalue weighted by atomic mass is 9.43. The molecule has 38 heavy (non-hydrogen) atoms. The molecule has 5 nitrogen and oxygen atoms in total. The number of primary amides is 1. The SMILES string of the molecule is CC(C)CCC[C@@H](C)[C@H]1CC[C@H]2[C@@H]3CC=C4C[C@H](O)CC(OC(=O)C(F)(F)F)(C(N)=O)[C@]4(C)[C@H]3CC[C@]12C. The molecule has 3 N–H and O–H groups in total. The molecule has 0 aromatic heterocycles. The van der Waals surface area contributed by atoms with Crippen LogP contribution in [0.4, 0.5) is 13.2 Å². The number of amides is 1. The number of fused-ring (bicyclic) bond motifs is 5. The van der Waals surface area contributed by atoms with Gasteiger partial charge in [-0.3, -0.25) is 4.79 Å². The molecule has 0 bridgehead atoms. The lowest BCUT2D eigenvalue weighted by Crippen LogP contribution is -2.68. The monoisotopic (exact) mass is 541 g/mol. The van der Waals surface area contributed by atoms with Crippen molar-refractivity contribution in [3.8, 4) is 0 Å². The first-order valence-corrected chi connectivity index (χ1v) is 14.6. The second-order valence-electron chi connectivity index (χ2n) is 13.7. The van der Waals surface area contributed by atoms with Crippen molar-refractivity contribution in [2.75, 3.05) is 0 Å². The Morgan fingerprint density at radius 3 is 2.42 bits per heavy atom. The van der Waals surface area contributed by atoms with Gasteiger partial charge in [0.1, 0.15) is 0 Å². The number of alkyl halides is 3. The number of rotatable bonds is 7. The van der Waals surface area contributed by atoms with Gasteiger partial charge in [-0.1, -0.05) is 65.5 Å². The number of nitrogens with two attached hydrogens (primary N) is 1. The Balaban J connectivity index is 1.67. The lowest BCUT2D eigenvalue weighted by Gasteiger charge is -2.62. The van der Waals surface area contributed by atoms with Crippen molar-refractivity contribution < 1.29 is 32.6 Å². The van der Waals surface area contributed by atoms with Gasteiger partial charge in [-0.2, -0.15) is 13.2 Å². The highest BCUT2D eigenvalue weighted by molar-refractivity contribution is 5.89. The third kappa shape index (κ3) is 4.60. The van der Waals surface area contributed by atoms with Crippen molar-refractivity contribution >= 4 is 11.9 Å². The van der Waals surface area contributed by atoms with Crippen LogP contribution in [0.15, 0.2) is 11.6 Å². The van der Waals surface area contributed by atoms with E-state index in [1.807, 2.05) is 6.08 Å². The van der Waals surface area contributed by atoms with Crippen LogP contribution < -0.4 is 5.73 Å². The molecule has 0 heterocycles. The number of aliphatic hydroxyl groups is 1. The third-order valence-electron chi connectivity index (χ3n) is 11.4. The van der Waals surface area contributed by atoms with Crippen LogP contribution in [-0.2, 0) is 14.3 Å². The summed E-state index contributed by atoms with van der Waals surface area (Å²) in [6.07, 6.45) is 3.73. The summed E-state index contributed by atoms with van der Waals surface area (Å²) in [7, 11) is 0. The molecule has 4 rings (SSSR count). The van der Waals surface area contributed by atoms with E-state index in [1.165, 1.54) is 19.3 Å². The molecule has 8 heteroatoms. The lowest BCUT2D eigenvalue weighted by molar-refractivity contribution is -0.237. The van der Waals surface area contributed by atoms with E-state index < -0.39 is 41.6 Å². The van der Waals surface area contributed by atoms with E-state index in [9.17, 15) is 27.9 Å². The van der Waals surface area contributed by atoms with Crippen LogP contribution in [0.1, 0.15) is 98.8 Å². The van der Waals surface area contributed by atoms with Crippen molar-refractivity contribution in [1.82, 2.24) is 0 Å². The first kappa shape index (κ1) is 29.4. The molecule has 0 spiro atoms. The Hall–Kier alpha value is -1.57. The first-order valence-electron chi connectivity index (χ1n) is 14.6. The molecule has 0 aromatic carbocycles. The summed E-state index contributed by atoms with van der Waals surface area (Å²) >= 11 is 0. The molecule has 3 saturated carbocycles. The van der Waals surface area contributed by atoms with E-state index in [0.29, 0.717) is 29.2 Å². The van der Waals surface area contributed by atoms with Crippen LogP contribution in [0.3, 0.4) is 0 Å². The Morgan fingerprint density at radius 2 is 1.82 bits per heavy atom. The van der Waals surface area contributed by atoms with Crippen LogP contribution in [-0.4, -0.2) is 34.9 Å². The van der Waals surface area contributed by atoms with E-state index in [0.717, 1.165) is 32.1 Å². The van der Waals surface area contributed by atoms with Crippen LogP contribution in [0.25, 0.3) is 0 Å². The molecular weight excluding hydrogens is 495 g/mol. The maximum absolute atomic E-state index is 13.4. The summed E-state index contributed by atoms with van der Waals surface area (Å²) in [5.74, 6) is -1.26. The van der Waals surface area contributed by atoms with E-state index in [2.05, 4.69) is 27.7 Å². The molecule has 0 aromatic rings. The minimum absolute atomic E-state index is 0.131. The maximum atomic E-state index is 13.4. The smallest absolute Gasteiger partial charge is 0.441 e. The van der Waals surface area contributed by atoms with Crippen LogP contribution in [0.5, 0.6) is 0 Å². The van der Waals surface area contributed by atoms with Gasteiger partial charge in [-0.25, -0.2) is 4.79 Å². The van der Waals surface area contributed by atoms with Gasteiger partial charge >= 0.3 is 12.1 Å². The van der Waals surface area contributed by atoms with Gasteiger partial charge in [0.15, 0.2) is 0 Å². The average molecular weight is 542 g/mol. The fraction of sp³-hybridized carbons (Fsp3) is 0.867. The number of aliphatic hydroxyl groups excluding tert-OH is 1. The highest BCUT2D eigenvalue weighted by atomic mass is 19.4. The number of halogens is 3. The molecule has 0 aliphatic heterocycles. The Labute approximate surface area is 225 Å². The summed E-state index contributed by atoms with van der Waals surface area (Å²) in [6.45, 7) is 11.1. The second-order valence-corrected chi connectivity index (χ2v) is 13.7. The average Bonchev–Trinajstić information content (AvgIpc) is 3.16. The van der Waals surface area contributed by atoms with Crippen LogP contribution >= 0.6 is 0 Å². The predicted molar refractivity (Wildman–Crippen MR) is 139 cm³/mol. The van der Waals surface area contributed by atoms with E-state index in [-0.39, 0.29) is 23.7 Å². The van der Waals surface area contributed by atoms with Gasteiger partial charge in [-0.05, 0) is 79.4 Å². The summed E-state index contributed by atoms with van der Waals surface area (Å²) in [5.41, 5.74) is 3.20. The number of carbonyl (C=O) groups excluding carboxylic acids is 2. The van der Waals surface area contributed by atoms with Gasteiger partial charge in [0, 0.05) is 11.8 Å². The zero-order chi connectivity index (χ0) is 28.3. The van der Waals surface area contributed by atoms with Gasteiger partial charge in [0.25, 0.3) is 5.91 Å². The molecule has 9 atom stereocenters. The van der Waals surface area contributed by atoms with Gasteiger partial charge < -0.3 is 15.6 Å². The number of ether oxygens (including phenoxy) is 1. The molecular formula is C30H46F3NO4. The van der Waals surface area contributed by atoms with Crippen molar-refractivity contribution in [1.29, 1.82) is 0 Å². The fourth-order valence-corrected chi connectivity index (χ4v) is 9.58. The standard InChI is InChI=1S/C30H46F3NO4/c1-17(2)7-6-8-18(3)22-11-12-23-21-10-9-19-15-20(35)16-29(25(34)36,38-26(37)30(31,32)33)28(19,5)24(21)13-14-27(22,23)4/h9,17-18,20-24,35H,6-8,10-16H2,1-5H3,(H2,34,36)/t18-,20+,21+,22-,23+,24+,27-,28+,29?/m1/s1. The predicted octanol–water partition coefficient (Wildman–Crippen LogP) is 6.33. The van der Waals surface area contributed by atoms with E-state index >= 15 is 0 Å². The van der Waals surface area contributed by atoms with Gasteiger partial charge in [-0.15, -0.1) is 0 Å². The van der Waals surface area contributed by atoms with Crippen molar-refractivity contribution in [3.63, 3.8) is 0 Å². The molecule has 3 fully saturated rings. The number of allylic oxidation sites excluding steroid dienone is 1. The number of hydrogen-bond acceptors (Lipinski definition) is 4. The zero-order valence-corrected chi connectivity index (χ0v) is 23.6. The number of carbonyl (C=O) groups is 2. The largest absolute Gasteiger partial charge is 0.490 e. The topological polar surface area (TPSA) is 89.6 Å². The molecule has 1 amide bonds. The minimum Gasteiger partial charge on any atom is -0.441 e. The van der Waals surface area contributed by atoms with Crippen LogP contribution in [0, 0.1) is 46.3 Å². The molecule has 1 unspecified atom stereocenters. The quantitative estimate of drug-likeness (QED) is 0.291.